The van der Waals surface area contributed by atoms with Crippen molar-refractivity contribution >= 4 is 11.6 Å². The molecule has 0 aromatic carbocycles. The zero-order chi connectivity index (χ0) is 9.14. The van der Waals surface area contributed by atoms with Gasteiger partial charge in [0.05, 0.1) is 12.7 Å². The lowest BCUT2D eigenvalue weighted by Crippen LogP contribution is -2.14. The Balaban J connectivity index is 3.07. The highest BCUT2D eigenvalue weighted by Gasteiger charge is 2.19. The topological polar surface area (TPSA) is 115 Å². The van der Waals surface area contributed by atoms with Crippen LogP contribution in [0.15, 0.2) is 6.20 Å². The number of carbonyl (C=O) groups is 1. The smallest absolute Gasteiger partial charge is 0.353 e. The van der Waals surface area contributed by atoms with E-state index < -0.39 is 16.5 Å². The zero-order valence-electron chi connectivity index (χ0n) is 5.98. The van der Waals surface area contributed by atoms with Gasteiger partial charge in [0.2, 0.25) is 0 Å². The summed E-state index contributed by atoms with van der Waals surface area (Å²) >= 11 is 0. The Labute approximate surface area is 66.7 Å². The van der Waals surface area contributed by atoms with Crippen molar-refractivity contribution in [2.75, 3.05) is 6.54 Å². The Morgan fingerprint density at radius 3 is 3.00 bits per heavy atom. The first-order valence-corrected chi connectivity index (χ1v) is 3.08. The first kappa shape index (κ1) is 8.34. The lowest BCUT2D eigenvalue weighted by molar-refractivity contribution is -0.389. The molecular weight excluding hydrogens is 164 g/mol. The van der Waals surface area contributed by atoms with Crippen LogP contribution in [0.3, 0.4) is 0 Å². The molecule has 0 aliphatic rings. The van der Waals surface area contributed by atoms with Gasteiger partial charge in [-0.2, -0.15) is 0 Å². The molecule has 0 saturated heterocycles. The van der Waals surface area contributed by atoms with Gasteiger partial charge in [0.1, 0.15) is 5.56 Å². The molecule has 0 atom stereocenters. The minimum Gasteiger partial charge on any atom is -0.358 e. The molecule has 7 heteroatoms. The van der Waals surface area contributed by atoms with E-state index in [9.17, 15) is 14.9 Å². The van der Waals surface area contributed by atoms with Gasteiger partial charge in [-0.1, -0.05) is 5.10 Å². The standard InChI is InChI=1S/C5H6N4O3/c6-1-4(10)3-2-7-8-5(3)9(11)12/h2H,1,6H2,(H,7,8). The van der Waals surface area contributed by atoms with Crippen molar-refractivity contribution in [2.45, 2.75) is 0 Å². The van der Waals surface area contributed by atoms with Crippen molar-refractivity contribution in [2.24, 2.45) is 5.73 Å². The Morgan fingerprint density at radius 1 is 1.83 bits per heavy atom. The van der Waals surface area contributed by atoms with Crippen LogP contribution in [0, 0.1) is 10.1 Å². The molecule has 3 N–H and O–H groups in total. The van der Waals surface area contributed by atoms with Gasteiger partial charge in [-0.15, -0.1) is 5.10 Å². The number of nitrogens with zero attached hydrogens (tertiary/aromatic N) is 2. The molecule has 0 aliphatic heterocycles. The van der Waals surface area contributed by atoms with E-state index in [0.717, 1.165) is 6.20 Å². The number of nitrogens with two attached hydrogens (primary N) is 1. The van der Waals surface area contributed by atoms with E-state index >= 15 is 0 Å². The SMILES string of the molecule is NCC(=O)c1cn[nH]c1[N+](=O)[O-]. The van der Waals surface area contributed by atoms with Crippen molar-refractivity contribution in [1.29, 1.82) is 0 Å². The predicted octanol–water partition coefficient (Wildman–Crippen LogP) is -0.541. The molecule has 1 heterocycles. The van der Waals surface area contributed by atoms with Crippen LogP contribution < -0.4 is 5.73 Å². The first-order valence-electron chi connectivity index (χ1n) is 3.08. The number of nitrogens with one attached hydrogen (secondary N) is 1. The van der Waals surface area contributed by atoms with Crippen molar-refractivity contribution in [3.05, 3.63) is 21.9 Å². The van der Waals surface area contributed by atoms with E-state index in [2.05, 4.69) is 10.2 Å². The third-order valence-corrected chi connectivity index (χ3v) is 1.29. The molecule has 0 bridgehead atoms. The normalized spacial score (nSPS) is 9.75. The fourth-order valence-electron chi connectivity index (χ4n) is 0.733. The number of nitro groups is 1. The minimum absolute atomic E-state index is 0.0810. The molecule has 0 radical (unpaired) electrons. The third-order valence-electron chi connectivity index (χ3n) is 1.29. The monoisotopic (exact) mass is 170 g/mol. The maximum atomic E-state index is 10.9. The first-order chi connectivity index (χ1) is 5.66. The molecule has 0 saturated carbocycles. The number of aromatic nitrogens is 2. The highest BCUT2D eigenvalue weighted by Crippen LogP contribution is 2.13. The number of hydrogen-bond acceptors (Lipinski definition) is 5. The molecule has 0 fully saturated rings. The van der Waals surface area contributed by atoms with Crippen molar-refractivity contribution in [3.8, 4) is 0 Å². The number of carbonyl (C=O) groups excluding carboxylic acids is 1. The van der Waals surface area contributed by atoms with Crippen LogP contribution >= 0.6 is 0 Å². The van der Waals surface area contributed by atoms with Crippen LogP contribution in [0.2, 0.25) is 0 Å². The van der Waals surface area contributed by atoms with Gasteiger partial charge in [-0.25, -0.2) is 0 Å². The fraction of sp³-hybridized carbons (Fsp3) is 0.200. The summed E-state index contributed by atoms with van der Waals surface area (Å²) in [4.78, 5) is 20.4. The van der Waals surface area contributed by atoms with Crippen LogP contribution in [0.1, 0.15) is 10.4 Å². The highest BCUT2D eigenvalue weighted by atomic mass is 16.6. The summed E-state index contributed by atoms with van der Waals surface area (Å²) in [6.07, 6.45) is 1.09. The van der Waals surface area contributed by atoms with Crippen LogP contribution in [0.5, 0.6) is 0 Å². The van der Waals surface area contributed by atoms with E-state index in [1.54, 1.807) is 0 Å². The van der Waals surface area contributed by atoms with Gasteiger partial charge < -0.3 is 15.8 Å². The summed E-state index contributed by atoms with van der Waals surface area (Å²) in [6, 6.07) is 0. The van der Waals surface area contributed by atoms with Crippen LogP contribution in [-0.4, -0.2) is 27.4 Å². The maximum Gasteiger partial charge on any atom is 0.353 e. The number of aromatic amines is 1. The van der Waals surface area contributed by atoms with Crippen LogP contribution in [-0.2, 0) is 0 Å². The summed E-state index contributed by atoms with van der Waals surface area (Å²) in [5.41, 5.74) is 4.94. The molecule has 0 spiro atoms. The number of H-pyrrole nitrogens is 1. The summed E-state index contributed by atoms with van der Waals surface area (Å²) in [6.45, 7) is -0.264. The third kappa shape index (κ3) is 1.30. The fourth-order valence-corrected chi connectivity index (χ4v) is 0.733. The number of hydrogen-bond donors (Lipinski definition) is 2. The molecule has 0 amide bonds. The zero-order valence-corrected chi connectivity index (χ0v) is 5.98. The van der Waals surface area contributed by atoms with E-state index in [1.165, 1.54) is 0 Å². The molecule has 0 aliphatic carbocycles. The second-order valence-corrected chi connectivity index (χ2v) is 2.02. The lowest BCUT2D eigenvalue weighted by atomic mass is 10.2. The van der Waals surface area contributed by atoms with E-state index in [-0.39, 0.29) is 12.1 Å². The number of ketones is 1. The number of rotatable bonds is 3. The molecule has 1 rings (SSSR count). The molecule has 1 aromatic rings. The summed E-state index contributed by atoms with van der Waals surface area (Å²) in [5, 5.41) is 15.7. The molecule has 0 unspecified atom stereocenters. The van der Waals surface area contributed by atoms with Crippen molar-refractivity contribution in [1.82, 2.24) is 10.2 Å². The Hall–Kier alpha value is -1.76. The second kappa shape index (κ2) is 3.09. The van der Waals surface area contributed by atoms with Gasteiger partial charge in [-0.3, -0.25) is 4.79 Å². The second-order valence-electron chi connectivity index (χ2n) is 2.02. The predicted molar refractivity (Wildman–Crippen MR) is 38.6 cm³/mol. The van der Waals surface area contributed by atoms with E-state index in [1.807, 2.05) is 0 Å². The lowest BCUT2D eigenvalue weighted by Gasteiger charge is -1.92. The van der Waals surface area contributed by atoms with Gasteiger partial charge in [-0.05, 0) is 4.92 Å². The Morgan fingerprint density at radius 2 is 2.50 bits per heavy atom. The van der Waals surface area contributed by atoms with Gasteiger partial charge in [0, 0.05) is 0 Å². The molecular formula is C5H6N4O3. The molecule has 12 heavy (non-hydrogen) atoms. The highest BCUT2D eigenvalue weighted by molar-refractivity contribution is 6.00. The van der Waals surface area contributed by atoms with E-state index in [4.69, 9.17) is 5.73 Å². The average Bonchev–Trinajstić information content (AvgIpc) is 2.50. The van der Waals surface area contributed by atoms with Gasteiger partial charge in [0.25, 0.3) is 0 Å². The Kier molecular flexibility index (Phi) is 2.15. The summed E-state index contributed by atoms with van der Waals surface area (Å²) in [7, 11) is 0. The summed E-state index contributed by atoms with van der Waals surface area (Å²) < 4.78 is 0. The minimum atomic E-state index is -0.712. The molecule has 64 valence electrons. The summed E-state index contributed by atoms with van der Waals surface area (Å²) in [5.74, 6) is -0.916. The maximum absolute atomic E-state index is 10.9. The van der Waals surface area contributed by atoms with Gasteiger partial charge in [0.15, 0.2) is 5.78 Å². The van der Waals surface area contributed by atoms with Crippen LogP contribution in [0.4, 0.5) is 5.82 Å². The van der Waals surface area contributed by atoms with Gasteiger partial charge >= 0.3 is 5.82 Å². The van der Waals surface area contributed by atoms with Crippen molar-refractivity contribution < 1.29 is 9.72 Å². The van der Waals surface area contributed by atoms with Crippen LogP contribution in [0.25, 0.3) is 0 Å². The molecule has 1 aromatic heterocycles. The Bertz CT molecular complexity index is 318. The molecule has 7 nitrogen and oxygen atoms in total. The quantitative estimate of drug-likeness (QED) is 0.359. The number of Topliss-reactive ketones (excluding diaryl/α,β-unsaturated/α-hetero) is 1. The van der Waals surface area contributed by atoms with E-state index in [0.29, 0.717) is 0 Å². The average molecular weight is 170 g/mol. The van der Waals surface area contributed by atoms with Crippen molar-refractivity contribution in [3.63, 3.8) is 0 Å². The largest absolute Gasteiger partial charge is 0.358 e.